The summed E-state index contributed by atoms with van der Waals surface area (Å²) in [6, 6.07) is 11.2. The number of anilines is 2. The van der Waals surface area contributed by atoms with E-state index < -0.39 is 0 Å². The van der Waals surface area contributed by atoms with Crippen LogP contribution in [0.3, 0.4) is 0 Å². The van der Waals surface area contributed by atoms with Crippen molar-refractivity contribution in [1.29, 1.82) is 0 Å². The molecule has 2 N–H and O–H groups in total. The Morgan fingerprint density at radius 2 is 1.83 bits per heavy atom. The van der Waals surface area contributed by atoms with Crippen molar-refractivity contribution in [2.45, 2.75) is 19.8 Å². The molecule has 0 radical (unpaired) electrons. The Labute approximate surface area is 143 Å². The van der Waals surface area contributed by atoms with Crippen molar-refractivity contribution in [3.05, 3.63) is 47.7 Å². The summed E-state index contributed by atoms with van der Waals surface area (Å²) in [5.41, 5.74) is 2.29. The summed E-state index contributed by atoms with van der Waals surface area (Å²) < 4.78 is 0. The van der Waals surface area contributed by atoms with Crippen molar-refractivity contribution in [3.63, 3.8) is 0 Å². The van der Waals surface area contributed by atoms with Crippen molar-refractivity contribution >= 4 is 17.4 Å². The van der Waals surface area contributed by atoms with Gasteiger partial charge in [-0.3, -0.25) is 4.79 Å². The van der Waals surface area contributed by atoms with Gasteiger partial charge in [-0.15, -0.1) is 10.2 Å². The molecule has 0 saturated heterocycles. The first-order chi connectivity index (χ1) is 11.6. The minimum atomic E-state index is -0.258. The molecule has 1 amide bonds. The van der Waals surface area contributed by atoms with Gasteiger partial charge in [-0.1, -0.05) is 19.1 Å². The van der Waals surface area contributed by atoms with Crippen LogP contribution in [0.25, 0.3) is 0 Å². The zero-order valence-corrected chi connectivity index (χ0v) is 14.5. The van der Waals surface area contributed by atoms with Gasteiger partial charge in [0, 0.05) is 12.2 Å². The summed E-state index contributed by atoms with van der Waals surface area (Å²) in [6.07, 6.45) is 1.99. The second kappa shape index (κ2) is 8.98. The highest BCUT2D eigenvalue weighted by Crippen LogP contribution is 2.11. The highest BCUT2D eigenvalue weighted by Gasteiger charge is 2.08. The molecule has 24 heavy (non-hydrogen) atoms. The van der Waals surface area contributed by atoms with E-state index in [9.17, 15) is 4.79 Å². The Balaban J connectivity index is 1.86. The van der Waals surface area contributed by atoms with E-state index in [4.69, 9.17) is 0 Å². The van der Waals surface area contributed by atoms with Gasteiger partial charge in [-0.25, -0.2) is 0 Å². The third kappa shape index (κ3) is 5.62. The monoisotopic (exact) mass is 327 g/mol. The van der Waals surface area contributed by atoms with Crippen molar-refractivity contribution < 1.29 is 4.79 Å². The molecule has 1 heterocycles. The summed E-state index contributed by atoms with van der Waals surface area (Å²) in [5, 5.41) is 14.1. The van der Waals surface area contributed by atoms with E-state index in [2.05, 4.69) is 32.7 Å². The first-order valence-corrected chi connectivity index (χ1v) is 8.21. The molecular weight excluding hydrogens is 302 g/mol. The molecule has 128 valence electrons. The summed E-state index contributed by atoms with van der Waals surface area (Å²) in [7, 11) is 4.09. The summed E-state index contributed by atoms with van der Waals surface area (Å²) in [4.78, 5) is 14.3. The van der Waals surface area contributed by atoms with Gasteiger partial charge in [-0.05, 0) is 63.3 Å². The summed E-state index contributed by atoms with van der Waals surface area (Å²) in [5.74, 6) is 0.420. The van der Waals surface area contributed by atoms with Crippen molar-refractivity contribution in [2.75, 3.05) is 37.8 Å². The Morgan fingerprint density at radius 1 is 1.08 bits per heavy atom. The zero-order chi connectivity index (χ0) is 17.4. The maximum absolute atomic E-state index is 12.2. The van der Waals surface area contributed by atoms with E-state index in [0.717, 1.165) is 31.6 Å². The van der Waals surface area contributed by atoms with Crippen molar-refractivity contribution in [3.8, 4) is 0 Å². The number of carbonyl (C=O) groups is 1. The van der Waals surface area contributed by atoms with Crippen LogP contribution in [0.4, 0.5) is 11.5 Å². The van der Waals surface area contributed by atoms with Crippen LogP contribution < -0.4 is 10.6 Å². The van der Waals surface area contributed by atoms with Gasteiger partial charge in [0.2, 0.25) is 0 Å². The number of nitrogens with zero attached hydrogens (tertiary/aromatic N) is 3. The molecule has 1 aromatic heterocycles. The molecule has 0 fully saturated rings. The van der Waals surface area contributed by atoms with E-state index in [1.165, 1.54) is 5.56 Å². The highest BCUT2D eigenvalue weighted by molar-refractivity contribution is 6.02. The van der Waals surface area contributed by atoms with Crippen molar-refractivity contribution in [1.82, 2.24) is 15.1 Å². The molecule has 0 aliphatic rings. The molecule has 0 spiro atoms. The highest BCUT2D eigenvalue weighted by atomic mass is 16.1. The number of amides is 1. The number of aromatic nitrogens is 2. The molecule has 0 unspecified atom stereocenters. The van der Waals surface area contributed by atoms with Crippen LogP contribution in [0.5, 0.6) is 0 Å². The fourth-order valence-electron chi connectivity index (χ4n) is 2.18. The summed E-state index contributed by atoms with van der Waals surface area (Å²) >= 11 is 0. The Morgan fingerprint density at radius 3 is 2.42 bits per heavy atom. The minimum absolute atomic E-state index is 0.258. The standard InChI is InChI=1S/C18H25N5O/c1-4-14-6-8-15(9-7-14)20-18(24)16-10-11-17(22-21-16)19-12-5-13-23(2)3/h6-11H,4-5,12-13H2,1-3H3,(H,19,22)(H,20,24). The van der Waals surface area contributed by atoms with E-state index in [1.54, 1.807) is 12.1 Å². The molecule has 0 aliphatic carbocycles. The van der Waals surface area contributed by atoms with Crippen LogP contribution in [0, 0.1) is 0 Å². The summed E-state index contributed by atoms with van der Waals surface area (Å²) in [6.45, 7) is 3.93. The van der Waals surface area contributed by atoms with Gasteiger partial charge in [0.05, 0.1) is 0 Å². The average molecular weight is 327 g/mol. The number of rotatable bonds is 8. The Bertz CT molecular complexity index is 637. The van der Waals surface area contributed by atoms with Crippen LogP contribution >= 0.6 is 0 Å². The number of hydrogen-bond acceptors (Lipinski definition) is 5. The predicted octanol–water partition coefficient (Wildman–Crippen LogP) is 2.65. The largest absolute Gasteiger partial charge is 0.369 e. The topological polar surface area (TPSA) is 70.2 Å². The van der Waals surface area contributed by atoms with Gasteiger partial charge < -0.3 is 15.5 Å². The molecule has 6 nitrogen and oxygen atoms in total. The number of nitrogens with one attached hydrogen (secondary N) is 2. The maximum atomic E-state index is 12.2. The second-order valence-electron chi connectivity index (χ2n) is 5.89. The number of hydrogen-bond donors (Lipinski definition) is 2. The first-order valence-electron chi connectivity index (χ1n) is 8.21. The smallest absolute Gasteiger partial charge is 0.276 e. The number of aryl methyl sites for hydroxylation is 1. The first kappa shape index (κ1) is 17.9. The molecule has 0 saturated carbocycles. The van der Waals surface area contributed by atoms with E-state index in [-0.39, 0.29) is 5.91 Å². The lowest BCUT2D eigenvalue weighted by Gasteiger charge is -2.10. The quantitative estimate of drug-likeness (QED) is 0.730. The van der Waals surface area contributed by atoms with Crippen LogP contribution in [-0.4, -0.2) is 48.2 Å². The second-order valence-corrected chi connectivity index (χ2v) is 5.89. The average Bonchev–Trinajstić information content (AvgIpc) is 2.59. The normalized spacial score (nSPS) is 10.7. The third-order valence-corrected chi connectivity index (χ3v) is 3.61. The van der Waals surface area contributed by atoms with E-state index in [0.29, 0.717) is 11.5 Å². The van der Waals surface area contributed by atoms with E-state index >= 15 is 0 Å². The van der Waals surface area contributed by atoms with Gasteiger partial charge in [0.15, 0.2) is 5.69 Å². The lowest BCUT2D eigenvalue weighted by molar-refractivity contribution is 0.102. The molecule has 0 aliphatic heterocycles. The SMILES string of the molecule is CCc1ccc(NC(=O)c2ccc(NCCCN(C)C)nn2)cc1. The lowest BCUT2D eigenvalue weighted by atomic mass is 10.1. The molecule has 0 atom stereocenters. The van der Waals surface area contributed by atoms with Crippen LogP contribution in [0.2, 0.25) is 0 Å². The third-order valence-electron chi connectivity index (χ3n) is 3.61. The molecule has 2 aromatic rings. The number of benzene rings is 1. The lowest BCUT2D eigenvalue weighted by Crippen LogP contribution is -2.17. The van der Waals surface area contributed by atoms with Crippen LogP contribution in [-0.2, 0) is 6.42 Å². The molecule has 2 rings (SSSR count). The molecule has 0 bridgehead atoms. The van der Waals surface area contributed by atoms with Gasteiger partial charge in [0.25, 0.3) is 5.91 Å². The molecule has 6 heteroatoms. The van der Waals surface area contributed by atoms with Gasteiger partial charge in [0.1, 0.15) is 5.82 Å². The minimum Gasteiger partial charge on any atom is -0.369 e. The Hall–Kier alpha value is -2.47. The van der Waals surface area contributed by atoms with Gasteiger partial charge >= 0.3 is 0 Å². The van der Waals surface area contributed by atoms with Crippen LogP contribution in [0.15, 0.2) is 36.4 Å². The number of carbonyl (C=O) groups excluding carboxylic acids is 1. The maximum Gasteiger partial charge on any atom is 0.276 e. The molecular formula is C18H25N5O. The fourth-order valence-corrected chi connectivity index (χ4v) is 2.18. The van der Waals surface area contributed by atoms with E-state index in [1.807, 2.05) is 38.4 Å². The molecule has 1 aromatic carbocycles. The van der Waals surface area contributed by atoms with Crippen molar-refractivity contribution in [2.24, 2.45) is 0 Å². The zero-order valence-electron chi connectivity index (χ0n) is 14.5. The predicted molar refractivity (Wildman–Crippen MR) is 97.5 cm³/mol. The Kier molecular flexibility index (Phi) is 6.69. The van der Waals surface area contributed by atoms with Crippen LogP contribution in [0.1, 0.15) is 29.4 Å². The van der Waals surface area contributed by atoms with Gasteiger partial charge in [-0.2, -0.15) is 0 Å². The fraction of sp³-hybridized carbons (Fsp3) is 0.389.